The standard InChI is InChI=1S/C23H26N2OS2/c1-17(9-10-18-6-3-2-4-7-18)24-22(26)16-25-13-11-20-19(12-15-28-20)23(25)21-8-5-14-27-21/h2-8,12,14-15,17,23H,9-11,13,16H2,1H3,(H,24,26)/t17-,23-/m1/s1. The molecule has 1 N–H and O–H groups in total. The number of thiophene rings is 2. The minimum absolute atomic E-state index is 0.126. The normalized spacial score (nSPS) is 17.8. The maximum absolute atomic E-state index is 12.8. The van der Waals surface area contributed by atoms with Crippen molar-refractivity contribution in [1.29, 1.82) is 0 Å². The van der Waals surface area contributed by atoms with Crippen molar-refractivity contribution in [3.05, 3.63) is 80.2 Å². The van der Waals surface area contributed by atoms with Crippen LogP contribution in [0, 0.1) is 0 Å². The summed E-state index contributed by atoms with van der Waals surface area (Å²) >= 11 is 3.62. The number of benzene rings is 1. The van der Waals surface area contributed by atoms with E-state index in [1.807, 2.05) is 17.4 Å². The number of nitrogens with zero attached hydrogens (tertiary/aromatic N) is 1. The molecule has 0 saturated carbocycles. The summed E-state index contributed by atoms with van der Waals surface area (Å²) in [4.78, 5) is 17.9. The summed E-state index contributed by atoms with van der Waals surface area (Å²) in [6.07, 6.45) is 2.98. The van der Waals surface area contributed by atoms with Crippen molar-refractivity contribution in [2.75, 3.05) is 13.1 Å². The third kappa shape index (κ3) is 4.54. The third-order valence-corrected chi connectivity index (χ3v) is 7.26. The van der Waals surface area contributed by atoms with Crippen LogP contribution in [0.15, 0.2) is 59.3 Å². The Morgan fingerprint density at radius 2 is 2.00 bits per heavy atom. The van der Waals surface area contributed by atoms with Crippen LogP contribution in [0.4, 0.5) is 0 Å². The lowest BCUT2D eigenvalue weighted by atomic mass is 9.98. The number of rotatable bonds is 7. The Balaban J connectivity index is 1.37. The minimum atomic E-state index is 0.126. The molecule has 4 rings (SSSR count). The lowest BCUT2D eigenvalue weighted by Gasteiger charge is -2.35. The number of carbonyl (C=O) groups excluding carboxylic acids is 1. The number of amides is 1. The molecule has 2 aromatic heterocycles. The highest BCUT2D eigenvalue weighted by Crippen LogP contribution is 2.39. The number of carbonyl (C=O) groups is 1. The number of hydrogen-bond donors (Lipinski definition) is 1. The quantitative estimate of drug-likeness (QED) is 0.601. The van der Waals surface area contributed by atoms with E-state index in [9.17, 15) is 4.79 Å². The van der Waals surface area contributed by atoms with Crippen molar-refractivity contribution >= 4 is 28.6 Å². The summed E-state index contributed by atoms with van der Waals surface area (Å²) < 4.78 is 0. The molecule has 0 spiro atoms. The van der Waals surface area contributed by atoms with E-state index in [-0.39, 0.29) is 18.0 Å². The van der Waals surface area contributed by atoms with Crippen LogP contribution in [0.2, 0.25) is 0 Å². The van der Waals surface area contributed by atoms with Gasteiger partial charge < -0.3 is 5.32 Å². The Morgan fingerprint density at radius 1 is 1.14 bits per heavy atom. The summed E-state index contributed by atoms with van der Waals surface area (Å²) in [6.45, 7) is 3.49. The minimum Gasteiger partial charge on any atom is -0.353 e. The van der Waals surface area contributed by atoms with E-state index in [0.717, 1.165) is 25.8 Å². The third-order valence-electron chi connectivity index (χ3n) is 5.34. The predicted molar refractivity (Wildman–Crippen MR) is 118 cm³/mol. The molecule has 3 heterocycles. The van der Waals surface area contributed by atoms with E-state index < -0.39 is 0 Å². The first-order chi connectivity index (χ1) is 13.7. The SMILES string of the molecule is C[C@H](CCc1ccccc1)NC(=O)CN1CCc2sccc2[C@@H]1c1cccs1. The molecular weight excluding hydrogens is 384 g/mol. The average Bonchev–Trinajstić information content (AvgIpc) is 3.39. The smallest absolute Gasteiger partial charge is 0.234 e. The Morgan fingerprint density at radius 3 is 2.79 bits per heavy atom. The van der Waals surface area contributed by atoms with Gasteiger partial charge in [-0.3, -0.25) is 9.69 Å². The van der Waals surface area contributed by atoms with Gasteiger partial charge in [-0.25, -0.2) is 0 Å². The first kappa shape index (κ1) is 19.4. The van der Waals surface area contributed by atoms with Gasteiger partial charge in [-0.15, -0.1) is 22.7 Å². The summed E-state index contributed by atoms with van der Waals surface area (Å²) in [5.74, 6) is 0.126. The molecule has 3 nitrogen and oxygen atoms in total. The Bertz CT molecular complexity index is 888. The molecule has 1 aliphatic heterocycles. The lowest BCUT2D eigenvalue weighted by molar-refractivity contribution is -0.123. The van der Waals surface area contributed by atoms with Crippen molar-refractivity contribution < 1.29 is 4.79 Å². The number of nitrogens with one attached hydrogen (secondary N) is 1. The molecule has 0 fully saturated rings. The Kier molecular flexibility index (Phi) is 6.25. The van der Waals surface area contributed by atoms with Gasteiger partial charge in [-0.05, 0) is 60.2 Å². The number of fused-ring (bicyclic) bond motifs is 1. The molecule has 0 aliphatic carbocycles. The van der Waals surface area contributed by atoms with Crippen molar-refractivity contribution in [2.24, 2.45) is 0 Å². The fraction of sp³-hybridized carbons (Fsp3) is 0.348. The van der Waals surface area contributed by atoms with Gasteiger partial charge in [-0.2, -0.15) is 0 Å². The van der Waals surface area contributed by atoms with Gasteiger partial charge >= 0.3 is 0 Å². The van der Waals surface area contributed by atoms with E-state index in [1.165, 1.54) is 20.9 Å². The number of aryl methyl sites for hydroxylation is 1. The molecule has 5 heteroatoms. The Labute approximate surface area is 175 Å². The van der Waals surface area contributed by atoms with Crippen LogP contribution in [0.5, 0.6) is 0 Å². The highest BCUT2D eigenvalue weighted by atomic mass is 32.1. The molecule has 0 saturated heterocycles. The van der Waals surface area contributed by atoms with Crippen molar-refractivity contribution in [3.8, 4) is 0 Å². The fourth-order valence-electron chi connectivity index (χ4n) is 3.92. The molecule has 2 atom stereocenters. The fourth-order valence-corrected chi connectivity index (χ4v) is 5.70. The maximum atomic E-state index is 12.8. The van der Waals surface area contributed by atoms with Gasteiger partial charge in [0.1, 0.15) is 0 Å². The molecule has 146 valence electrons. The van der Waals surface area contributed by atoms with Crippen LogP contribution in [-0.4, -0.2) is 29.9 Å². The molecule has 1 aliphatic rings. The average molecular weight is 411 g/mol. The monoisotopic (exact) mass is 410 g/mol. The van der Waals surface area contributed by atoms with Crippen LogP contribution in [0.25, 0.3) is 0 Å². The molecule has 3 aromatic rings. The van der Waals surface area contributed by atoms with E-state index in [0.29, 0.717) is 6.54 Å². The number of hydrogen-bond acceptors (Lipinski definition) is 4. The first-order valence-electron chi connectivity index (χ1n) is 9.87. The lowest BCUT2D eigenvalue weighted by Crippen LogP contribution is -2.44. The van der Waals surface area contributed by atoms with Crippen LogP contribution in [0.3, 0.4) is 0 Å². The highest BCUT2D eigenvalue weighted by molar-refractivity contribution is 7.10. The summed E-state index contributed by atoms with van der Waals surface area (Å²) in [6, 6.07) is 17.4. The van der Waals surface area contributed by atoms with Crippen LogP contribution < -0.4 is 5.32 Å². The second-order valence-corrected chi connectivity index (χ2v) is 9.41. The second kappa shape index (κ2) is 9.03. The zero-order valence-corrected chi connectivity index (χ0v) is 17.8. The van der Waals surface area contributed by atoms with Gasteiger partial charge in [0.2, 0.25) is 5.91 Å². The van der Waals surface area contributed by atoms with Crippen LogP contribution >= 0.6 is 22.7 Å². The van der Waals surface area contributed by atoms with Gasteiger partial charge in [0.15, 0.2) is 0 Å². The van der Waals surface area contributed by atoms with Gasteiger partial charge in [-0.1, -0.05) is 36.4 Å². The molecule has 28 heavy (non-hydrogen) atoms. The van der Waals surface area contributed by atoms with E-state index in [4.69, 9.17) is 0 Å². The molecular formula is C23H26N2OS2. The highest BCUT2D eigenvalue weighted by Gasteiger charge is 2.31. The summed E-state index contributed by atoms with van der Waals surface area (Å²) in [5.41, 5.74) is 2.70. The maximum Gasteiger partial charge on any atom is 0.234 e. The Hall–Kier alpha value is -1.95. The summed E-state index contributed by atoms with van der Waals surface area (Å²) in [5, 5.41) is 7.51. The van der Waals surface area contributed by atoms with Crippen molar-refractivity contribution in [2.45, 2.75) is 38.3 Å². The first-order valence-corrected chi connectivity index (χ1v) is 11.6. The second-order valence-electron chi connectivity index (χ2n) is 7.43. The predicted octanol–water partition coefficient (Wildman–Crippen LogP) is 4.89. The topological polar surface area (TPSA) is 32.3 Å². The van der Waals surface area contributed by atoms with Gasteiger partial charge in [0, 0.05) is 22.3 Å². The van der Waals surface area contributed by atoms with E-state index >= 15 is 0 Å². The largest absolute Gasteiger partial charge is 0.353 e. The molecule has 1 amide bonds. The van der Waals surface area contributed by atoms with E-state index in [2.05, 4.69) is 70.4 Å². The molecule has 1 aromatic carbocycles. The zero-order valence-electron chi connectivity index (χ0n) is 16.1. The van der Waals surface area contributed by atoms with Gasteiger partial charge in [0.05, 0.1) is 12.6 Å². The van der Waals surface area contributed by atoms with Crippen LogP contribution in [0.1, 0.15) is 40.3 Å². The van der Waals surface area contributed by atoms with Crippen molar-refractivity contribution in [3.63, 3.8) is 0 Å². The molecule has 0 unspecified atom stereocenters. The summed E-state index contributed by atoms with van der Waals surface area (Å²) in [7, 11) is 0. The zero-order chi connectivity index (χ0) is 19.3. The van der Waals surface area contributed by atoms with E-state index in [1.54, 1.807) is 11.3 Å². The van der Waals surface area contributed by atoms with Gasteiger partial charge in [0.25, 0.3) is 0 Å². The molecule has 0 radical (unpaired) electrons. The van der Waals surface area contributed by atoms with Crippen LogP contribution in [-0.2, 0) is 17.6 Å². The molecule has 0 bridgehead atoms. The van der Waals surface area contributed by atoms with Crippen molar-refractivity contribution in [1.82, 2.24) is 10.2 Å².